The molecule has 0 saturated heterocycles. The maximum absolute atomic E-state index is 6.08. The number of allylic oxidation sites excluding steroid dienone is 3. The Labute approximate surface area is 109 Å². The Hall–Kier alpha value is -0.286. The summed E-state index contributed by atoms with van der Waals surface area (Å²) in [6.07, 6.45) is 4.66. The lowest BCUT2D eigenvalue weighted by molar-refractivity contribution is 0.407. The van der Waals surface area contributed by atoms with Crippen LogP contribution >= 0.6 is 0 Å². The van der Waals surface area contributed by atoms with E-state index >= 15 is 0 Å². The molecule has 0 unspecified atom stereocenters. The van der Waals surface area contributed by atoms with Gasteiger partial charge in [0.15, 0.2) is 0 Å². The van der Waals surface area contributed by atoms with Gasteiger partial charge in [-0.05, 0) is 38.2 Å². The average molecular weight is 269 g/mol. The molecule has 0 saturated carbocycles. The van der Waals surface area contributed by atoms with Gasteiger partial charge in [0, 0.05) is 20.4 Å². The molecule has 1 nitrogen and oxygen atoms in total. The molecule has 0 spiro atoms. The molecule has 0 fully saturated rings. The molecule has 17 heavy (non-hydrogen) atoms. The van der Waals surface area contributed by atoms with Gasteiger partial charge in [0.1, 0.15) is 0 Å². The molecule has 0 aromatic rings. The van der Waals surface area contributed by atoms with Gasteiger partial charge in [-0.25, -0.2) is 0 Å². The predicted octanol–water partition coefficient (Wildman–Crippen LogP) is 5.03. The van der Waals surface area contributed by atoms with E-state index in [1.807, 2.05) is 0 Å². The van der Waals surface area contributed by atoms with Crippen LogP contribution in [0.5, 0.6) is 0 Å². The van der Waals surface area contributed by atoms with Crippen LogP contribution in [-0.2, 0) is 4.43 Å². The van der Waals surface area contributed by atoms with Crippen LogP contribution in [0.3, 0.4) is 0 Å². The molecule has 1 aliphatic rings. The third-order valence-electron chi connectivity index (χ3n) is 2.81. The molecule has 0 bridgehead atoms. The SMILES string of the molecule is C=C(C[Si](C)(C)C)[C@H]1C=C(O[Si](C)(C)C)CC1. The van der Waals surface area contributed by atoms with Crippen molar-refractivity contribution in [3.8, 4) is 0 Å². The van der Waals surface area contributed by atoms with Gasteiger partial charge in [-0.1, -0.05) is 31.8 Å². The second-order valence-electron chi connectivity index (χ2n) is 7.39. The Morgan fingerprint density at radius 3 is 2.35 bits per heavy atom. The fourth-order valence-corrected chi connectivity index (χ4v) is 4.88. The van der Waals surface area contributed by atoms with E-state index in [0.29, 0.717) is 5.92 Å². The van der Waals surface area contributed by atoms with Crippen molar-refractivity contribution >= 4 is 16.4 Å². The summed E-state index contributed by atoms with van der Waals surface area (Å²) in [6.45, 7) is 18.3. The predicted molar refractivity (Wildman–Crippen MR) is 82.5 cm³/mol. The van der Waals surface area contributed by atoms with Gasteiger partial charge >= 0.3 is 0 Å². The first-order chi connectivity index (χ1) is 7.57. The maximum atomic E-state index is 6.08. The highest BCUT2D eigenvalue weighted by Crippen LogP contribution is 2.34. The summed E-state index contributed by atoms with van der Waals surface area (Å²) in [6, 6.07) is 1.24. The lowest BCUT2D eigenvalue weighted by Crippen LogP contribution is -2.24. The minimum Gasteiger partial charge on any atom is -0.548 e. The lowest BCUT2D eigenvalue weighted by Gasteiger charge is -2.21. The van der Waals surface area contributed by atoms with Gasteiger partial charge in [-0.15, -0.1) is 0 Å². The minimum absolute atomic E-state index is 0.577. The quantitative estimate of drug-likeness (QED) is 0.502. The van der Waals surface area contributed by atoms with Crippen LogP contribution in [0.15, 0.2) is 24.0 Å². The van der Waals surface area contributed by atoms with Crippen LogP contribution in [0, 0.1) is 5.92 Å². The molecule has 0 amide bonds. The summed E-state index contributed by atoms with van der Waals surface area (Å²) < 4.78 is 6.08. The molecule has 1 atom stereocenters. The van der Waals surface area contributed by atoms with Crippen molar-refractivity contribution in [2.45, 2.75) is 58.2 Å². The molecular weight excluding hydrogens is 240 g/mol. The van der Waals surface area contributed by atoms with Crippen molar-refractivity contribution < 1.29 is 4.43 Å². The second-order valence-corrected chi connectivity index (χ2v) is 17.3. The summed E-state index contributed by atoms with van der Waals surface area (Å²) >= 11 is 0. The van der Waals surface area contributed by atoms with E-state index in [0.717, 1.165) is 6.42 Å². The third kappa shape index (κ3) is 5.73. The van der Waals surface area contributed by atoms with E-state index in [-0.39, 0.29) is 0 Å². The maximum Gasteiger partial charge on any atom is 0.241 e. The molecule has 1 aliphatic carbocycles. The van der Waals surface area contributed by atoms with Crippen molar-refractivity contribution in [2.24, 2.45) is 5.92 Å². The van der Waals surface area contributed by atoms with Crippen LogP contribution in [0.2, 0.25) is 45.3 Å². The molecule has 1 rings (SSSR count). The average Bonchev–Trinajstić information content (AvgIpc) is 2.45. The second kappa shape index (κ2) is 5.15. The van der Waals surface area contributed by atoms with Crippen molar-refractivity contribution in [1.82, 2.24) is 0 Å². The van der Waals surface area contributed by atoms with Crippen LogP contribution in [0.25, 0.3) is 0 Å². The molecule has 0 radical (unpaired) electrons. The van der Waals surface area contributed by atoms with Crippen LogP contribution in [0.4, 0.5) is 0 Å². The smallest absolute Gasteiger partial charge is 0.241 e. The highest BCUT2D eigenvalue weighted by Gasteiger charge is 2.26. The fraction of sp³-hybridized carbons (Fsp3) is 0.714. The zero-order valence-electron chi connectivity index (χ0n) is 12.4. The summed E-state index contributed by atoms with van der Waals surface area (Å²) in [7, 11) is -2.44. The summed E-state index contributed by atoms with van der Waals surface area (Å²) in [4.78, 5) is 0. The third-order valence-corrected chi connectivity index (χ3v) is 5.20. The number of hydrogen-bond donors (Lipinski definition) is 0. The zero-order chi connectivity index (χ0) is 13.3. The van der Waals surface area contributed by atoms with Gasteiger partial charge in [-0.2, -0.15) is 0 Å². The first kappa shape index (κ1) is 14.8. The van der Waals surface area contributed by atoms with Crippen molar-refractivity contribution in [2.75, 3.05) is 0 Å². The topological polar surface area (TPSA) is 9.23 Å². The van der Waals surface area contributed by atoms with Gasteiger partial charge in [-0.3, -0.25) is 0 Å². The van der Waals surface area contributed by atoms with Gasteiger partial charge < -0.3 is 4.43 Å². The number of rotatable bonds is 5. The molecule has 0 heterocycles. The van der Waals surface area contributed by atoms with Gasteiger partial charge in [0.2, 0.25) is 8.32 Å². The molecule has 0 N–H and O–H groups in total. The summed E-state index contributed by atoms with van der Waals surface area (Å²) in [5, 5.41) is 0. The first-order valence-electron chi connectivity index (χ1n) is 6.64. The lowest BCUT2D eigenvalue weighted by atomic mass is 10.0. The largest absolute Gasteiger partial charge is 0.548 e. The first-order valence-corrected chi connectivity index (χ1v) is 13.8. The Balaban J connectivity index is 2.56. The van der Waals surface area contributed by atoms with Crippen LogP contribution < -0.4 is 0 Å². The number of hydrogen-bond acceptors (Lipinski definition) is 1. The zero-order valence-corrected chi connectivity index (χ0v) is 14.4. The van der Waals surface area contributed by atoms with Crippen molar-refractivity contribution in [3.05, 3.63) is 24.0 Å². The van der Waals surface area contributed by atoms with E-state index in [2.05, 4.69) is 51.9 Å². The Bertz CT molecular complexity index is 318. The molecular formula is C14H28OSi2. The van der Waals surface area contributed by atoms with Gasteiger partial charge in [0.25, 0.3) is 0 Å². The van der Waals surface area contributed by atoms with E-state index < -0.39 is 16.4 Å². The van der Waals surface area contributed by atoms with E-state index in [1.54, 1.807) is 0 Å². The molecule has 0 aromatic heterocycles. The normalized spacial score (nSPS) is 21.3. The van der Waals surface area contributed by atoms with E-state index in [9.17, 15) is 0 Å². The van der Waals surface area contributed by atoms with Crippen LogP contribution in [0.1, 0.15) is 12.8 Å². The van der Waals surface area contributed by atoms with Crippen molar-refractivity contribution in [1.29, 1.82) is 0 Å². The molecule has 0 aliphatic heterocycles. The Morgan fingerprint density at radius 2 is 1.88 bits per heavy atom. The highest BCUT2D eigenvalue weighted by atomic mass is 28.4. The van der Waals surface area contributed by atoms with Crippen LogP contribution in [-0.4, -0.2) is 16.4 Å². The highest BCUT2D eigenvalue weighted by molar-refractivity contribution is 6.76. The molecule has 3 heteroatoms. The van der Waals surface area contributed by atoms with Crippen molar-refractivity contribution in [3.63, 3.8) is 0 Å². The van der Waals surface area contributed by atoms with E-state index in [4.69, 9.17) is 4.43 Å². The molecule has 98 valence electrons. The Morgan fingerprint density at radius 1 is 1.29 bits per heavy atom. The van der Waals surface area contributed by atoms with Gasteiger partial charge in [0.05, 0.1) is 5.76 Å². The fourth-order valence-electron chi connectivity index (χ4n) is 2.30. The monoisotopic (exact) mass is 268 g/mol. The standard InChI is InChI=1S/C14H28OSi2/c1-12(11-16(2,3)4)13-8-9-14(10-13)15-17(5,6)7/h10,13H,1,8-9,11H2,2-7H3/t13-/m1/s1. The molecule has 0 aromatic carbocycles. The van der Waals surface area contributed by atoms with E-state index in [1.165, 1.54) is 23.8 Å². The summed E-state index contributed by atoms with van der Waals surface area (Å²) in [5.74, 6) is 1.80. The Kier molecular flexibility index (Phi) is 4.47. The summed E-state index contributed by atoms with van der Waals surface area (Å²) in [5.41, 5.74) is 1.43. The minimum atomic E-state index is -1.42.